The molecular weight excluding hydrogens is 324 g/mol. The van der Waals surface area contributed by atoms with Crippen LogP contribution in [-0.4, -0.2) is 53.4 Å². The van der Waals surface area contributed by atoms with E-state index >= 15 is 0 Å². The van der Waals surface area contributed by atoms with E-state index in [1.54, 1.807) is 16.0 Å². The highest BCUT2D eigenvalue weighted by Gasteiger charge is 2.25. The minimum absolute atomic E-state index is 0.0482. The Balaban J connectivity index is 1.72. The maximum absolute atomic E-state index is 12.7. The smallest absolute Gasteiger partial charge is 0.255 e. The average Bonchev–Trinajstić information content (AvgIpc) is 3.18. The standard InChI is InChI=1S/C17H24N4O2S/c1-12-16(13(2)20(3)19-12)17(22)18-11-14(15-5-4-10-24-15)21-6-8-23-9-7-21/h4-5,10,14H,6-9,11H2,1-3H3,(H,18,22). The van der Waals surface area contributed by atoms with E-state index in [2.05, 4.69) is 32.8 Å². The molecule has 1 amide bonds. The Kier molecular flexibility index (Phi) is 5.33. The van der Waals surface area contributed by atoms with Crippen LogP contribution in [0.25, 0.3) is 0 Å². The molecular formula is C17H24N4O2S. The molecule has 1 aliphatic heterocycles. The summed E-state index contributed by atoms with van der Waals surface area (Å²) in [7, 11) is 1.86. The first kappa shape index (κ1) is 17.1. The molecule has 1 saturated heterocycles. The summed E-state index contributed by atoms with van der Waals surface area (Å²) < 4.78 is 7.21. The number of nitrogens with zero attached hydrogens (tertiary/aromatic N) is 3. The largest absolute Gasteiger partial charge is 0.379 e. The number of morpholine rings is 1. The summed E-state index contributed by atoms with van der Waals surface area (Å²) in [4.78, 5) is 16.3. The van der Waals surface area contributed by atoms with E-state index in [0.717, 1.165) is 37.7 Å². The van der Waals surface area contributed by atoms with Crippen LogP contribution in [0.5, 0.6) is 0 Å². The molecule has 1 unspecified atom stereocenters. The predicted molar refractivity (Wildman–Crippen MR) is 94.5 cm³/mol. The maximum atomic E-state index is 12.7. The van der Waals surface area contributed by atoms with Gasteiger partial charge < -0.3 is 10.1 Å². The van der Waals surface area contributed by atoms with Crippen LogP contribution >= 0.6 is 11.3 Å². The zero-order chi connectivity index (χ0) is 17.1. The molecule has 0 saturated carbocycles. The molecule has 130 valence electrons. The van der Waals surface area contributed by atoms with Crippen molar-refractivity contribution in [3.63, 3.8) is 0 Å². The molecule has 1 N–H and O–H groups in total. The van der Waals surface area contributed by atoms with Crippen molar-refractivity contribution >= 4 is 17.2 Å². The number of carbonyl (C=O) groups excluding carboxylic acids is 1. The molecule has 2 aromatic rings. The second kappa shape index (κ2) is 7.46. The van der Waals surface area contributed by atoms with E-state index in [4.69, 9.17) is 4.74 Å². The van der Waals surface area contributed by atoms with Crippen molar-refractivity contribution in [2.24, 2.45) is 7.05 Å². The van der Waals surface area contributed by atoms with E-state index in [9.17, 15) is 4.79 Å². The highest BCUT2D eigenvalue weighted by molar-refractivity contribution is 7.10. The van der Waals surface area contributed by atoms with Crippen LogP contribution in [0.2, 0.25) is 0 Å². The third-order valence-electron chi connectivity index (χ3n) is 4.55. The van der Waals surface area contributed by atoms with E-state index < -0.39 is 0 Å². The SMILES string of the molecule is Cc1nn(C)c(C)c1C(=O)NCC(c1cccs1)N1CCOCC1. The average molecular weight is 348 g/mol. The normalized spacial score (nSPS) is 17.0. The second-order valence-corrected chi connectivity index (χ2v) is 7.04. The molecule has 6 nitrogen and oxygen atoms in total. The topological polar surface area (TPSA) is 59.4 Å². The summed E-state index contributed by atoms with van der Waals surface area (Å²) in [6.45, 7) is 7.67. The maximum Gasteiger partial charge on any atom is 0.255 e. The highest BCUT2D eigenvalue weighted by atomic mass is 32.1. The third-order valence-corrected chi connectivity index (χ3v) is 5.52. The molecule has 24 heavy (non-hydrogen) atoms. The van der Waals surface area contributed by atoms with Gasteiger partial charge in [-0.05, 0) is 25.3 Å². The van der Waals surface area contributed by atoms with Crippen molar-refractivity contribution in [1.29, 1.82) is 0 Å². The summed E-state index contributed by atoms with van der Waals surface area (Å²) in [5.41, 5.74) is 2.35. The van der Waals surface area contributed by atoms with Gasteiger partial charge in [-0.25, -0.2) is 0 Å². The zero-order valence-electron chi connectivity index (χ0n) is 14.4. The van der Waals surface area contributed by atoms with Crippen LogP contribution in [-0.2, 0) is 11.8 Å². The summed E-state index contributed by atoms with van der Waals surface area (Å²) in [5.74, 6) is -0.0482. The van der Waals surface area contributed by atoms with Crippen LogP contribution in [0.3, 0.4) is 0 Å². The quantitative estimate of drug-likeness (QED) is 0.897. The van der Waals surface area contributed by atoms with Crippen molar-refractivity contribution in [3.8, 4) is 0 Å². The molecule has 0 bridgehead atoms. The van der Waals surface area contributed by atoms with Crippen LogP contribution in [0.1, 0.15) is 32.7 Å². The van der Waals surface area contributed by atoms with Crippen molar-refractivity contribution in [2.75, 3.05) is 32.8 Å². The fourth-order valence-electron chi connectivity index (χ4n) is 3.16. The molecule has 0 aromatic carbocycles. The van der Waals surface area contributed by atoms with Crippen molar-refractivity contribution in [3.05, 3.63) is 39.3 Å². The van der Waals surface area contributed by atoms with Crippen molar-refractivity contribution < 1.29 is 9.53 Å². The van der Waals surface area contributed by atoms with Gasteiger partial charge in [0.1, 0.15) is 0 Å². The molecule has 1 fully saturated rings. The lowest BCUT2D eigenvalue weighted by Gasteiger charge is -2.34. The van der Waals surface area contributed by atoms with Crippen LogP contribution in [0.15, 0.2) is 17.5 Å². The van der Waals surface area contributed by atoms with Gasteiger partial charge in [0.25, 0.3) is 5.91 Å². The number of hydrogen-bond donors (Lipinski definition) is 1. The van der Waals surface area contributed by atoms with E-state index in [1.807, 2.05) is 20.9 Å². The van der Waals surface area contributed by atoms with E-state index in [0.29, 0.717) is 12.1 Å². The number of amides is 1. The first-order valence-corrected chi connectivity index (χ1v) is 9.09. The fourth-order valence-corrected chi connectivity index (χ4v) is 4.02. The Bertz CT molecular complexity index is 690. The third kappa shape index (κ3) is 3.53. The number of carbonyl (C=O) groups is 1. The number of rotatable bonds is 5. The molecule has 7 heteroatoms. The summed E-state index contributed by atoms with van der Waals surface area (Å²) in [6, 6.07) is 4.39. The molecule has 1 aliphatic rings. The molecule has 1 atom stereocenters. The molecule has 2 aromatic heterocycles. The lowest BCUT2D eigenvalue weighted by atomic mass is 10.1. The molecule has 0 spiro atoms. The molecule has 0 radical (unpaired) electrons. The Labute approximate surface area is 146 Å². The zero-order valence-corrected chi connectivity index (χ0v) is 15.2. The Morgan fingerprint density at radius 2 is 2.17 bits per heavy atom. The lowest BCUT2D eigenvalue weighted by Crippen LogP contribution is -2.43. The Hall–Kier alpha value is -1.70. The van der Waals surface area contributed by atoms with E-state index in [-0.39, 0.29) is 11.9 Å². The molecule has 3 rings (SSSR count). The van der Waals surface area contributed by atoms with Gasteiger partial charge in [0.2, 0.25) is 0 Å². The Morgan fingerprint density at radius 3 is 2.75 bits per heavy atom. The van der Waals surface area contributed by atoms with Gasteiger partial charge in [0, 0.05) is 37.3 Å². The first-order valence-electron chi connectivity index (χ1n) is 8.21. The number of ether oxygens (including phenoxy) is 1. The lowest BCUT2D eigenvalue weighted by molar-refractivity contribution is 0.0169. The van der Waals surface area contributed by atoms with Crippen LogP contribution in [0, 0.1) is 13.8 Å². The number of aryl methyl sites for hydroxylation is 2. The number of thiophene rings is 1. The van der Waals surface area contributed by atoms with Gasteiger partial charge >= 0.3 is 0 Å². The van der Waals surface area contributed by atoms with Gasteiger partial charge in [0.15, 0.2) is 0 Å². The fraction of sp³-hybridized carbons (Fsp3) is 0.529. The first-order chi connectivity index (χ1) is 11.6. The van der Waals surface area contributed by atoms with E-state index in [1.165, 1.54) is 4.88 Å². The molecule has 3 heterocycles. The summed E-state index contributed by atoms with van der Waals surface area (Å²) in [5, 5.41) is 9.52. The number of nitrogens with one attached hydrogen (secondary N) is 1. The highest BCUT2D eigenvalue weighted by Crippen LogP contribution is 2.25. The van der Waals surface area contributed by atoms with Gasteiger partial charge in [-0.15, -0.1) is 11.3 Å². The minimum Gasteiger partial charge on any atom is -0.379 e. The molecule has 0 aliphatic carbocycles. The second-order valence-electron chi connectivity index (χ2n) is 6.06. The van der Waals surface area contributed by atoms with Crippen molar-refractivity contribution in [1.82, 2.24) is 20.0 Å². The van der Waals surface area contributed by atoms with Crippen molar-refractivity contribution in [2.45, 2.75) is 19.9 Å². The predicted octanol–water partition coefficient (Wildman–Crippen LogP) is 1.90. The Morgan fingerprint density at radius 1 is 1.42 bits per heavy atom. The van der Waals surface area contributed by atoms with Gasteiger partial charge in [-0.1, -0.05) is 6.07 Å². The van der Waals surface area contributed by atoms with Crippen LogP contribution in [0.4, 0.5) is 0 Å². The number of hydrogen-bond acceptors (Lipinski definition) is 5. The minimum atomic E-state index is -0.0482. The van der Waals surface area contributed by atoms with Crippen LogP contribution < -0.4 is 5.32 Å². The summed E-state index contributed by atoms with van der Waals surface area (Å²) in [6.07, 6.45) is 0. The van der Waals surface area contributed by atoms with Gasteiger partial charge in [-0.3, -0.25) is 14.4 Å². The number of aromatic nitrogens is 2. The summed E-state index contributed by atoms with van der Waals surface area (Å²) >= 11 is 1.73. The monoisotopic (exact) mass is 348 g/mol. The van der Waals surface area contributed by atoms with Gasteiger partial charge in [0.05, 0.1) is 30.5 Å². The van der Waals surface area contributed by atoms with Gasteiger partial charge in [-0.2, -0.15) is 5.10 Å².